The van der Waals surface area contributed by atoms with Gasteiger partial charge in [-0.15, -0.1) is 0 Å². The summed E-state index contributed by atoms with van der Waals surface area (Å²) in [7, 11) is 1.37. The van der Waals surface area contributed by atoms with Gasteiger partial charge in [0.15, 0.2) is 5.54 Å². The second-order valence-corrected chi connectivity index (χ2v) is 7.72. The third kappa shape index (κ3) is 4.91. The van der Waals surface area contributed by atoms with Gasteiger partial charge in [0.2, 0.25) is 5.91 Å². The number of benzene rings is 2. The molecule has 3 rings (SSSR count). The number of carboxylic acids is 1. The predicted molar refractivity (Wildman–Crippen MR) is 118 cm³/mol. The Balaban J connectivity index is 1.50. The minimum atomic E-state index is -1.49. The SMILES string of the molecule is CCC(COC)(NC(=O)CCNC(=O)OCC1c2ccccc2-c2ccccc21)C(=O)O. The van der Waals surface area contributed by atoms with Crippen molar-refractivity contribution in [2.75, 3.05) is 26.9 Å². The van der Waals surface area contributed by atoms with Crippen LogP contribution in [-0.4, -0.2) is 55.5 Å². The Kier molecular flexibility index (Phi) is 7.48. The van der Waals surface area contributed by atoms with Crippen molar-refractivity contribution < 1.29 is 29.0 Å². The topological polar surface area (TPSA) is 114 Å². The van der Waals surface area contributed by atoms with E-state index in [1.54, 1.807) is 6.92 Å². The van der Waals surface area contributed by atoms with E-state index >= 15 is 0 Å². The first-order valence-electron chi connectivity index (χ1n) is 10.5. The van der Waals surface area contributed by atoms with Crippen LogP contribution < -0.4 is 10.6 Å². The number of hydrogen-bond acceptors (Lipinski definition) is 5. The molecule has 1 aliphatic carbocycles. The molecule has 8 heteroatoms. The van der Waals surface area contributed by atoms with Gasteiger partial charge in [-0.25, -0.2) is 9.59 Å². The number of carboxylic acid groups (broad SMARTS) is 1. The van der Waals surface area contributed by atoms with Gasteiger partial charge in [-0.2, -0.15) is 0 Å². The summed E-state index contributed by atoms with van der Waals surface area (Å²) in [6.45, 7) is 1.71. The molecule has 1 unspecified atom stereocenters. The number of ether oxygens (including phenoxy) is 2. The number of amides is 2. The Morgan fingerprint density at radius 2 is 1.62 bits per heavy atom. The van der Waals surface area contributed by atoms with Crippen LogP contribution in [0.2, 0.25) is 0 Å². The van der Waals surface area contributed by atoms with Crippen molar-refractivity contribution in [1.82, 2.24) is 10.6 Å². The molecule has 1 atom stereocenters. The zero-order valence-electron chi connectivity index (χ0n) is 18.2. The monoisotopic (exact) mass is 440 g/mol. The Morgan fingerprint density at radius 1 is 1.03 bits per heavy atom. The van der Waals surface area contributed by atoms with Gasteiger partial charge in [0.05, 0.1) is 6.61 Å². The van der Waals surface area contributed by atoms with Gasteiger partial charge >= 0.3 is 12.1 Å². The van der Waals surface area contributed by atoms with Crippen molar-refractivity contribution in [3.05, 3.63) is 59.7 Å². The fourth-order valence-corrected chi connectivity index (χ4v) is 4.00. The predicted octanol–water partition coefficient (Wildman–Crippen LogP) is 2.91. The van der Waals surface area contributed by atoms with Crippen LogP contribution in [0.5, 0.6) is 0 Å². The summed E-state index contributed by atoms with van der Waals surface area (Å²) >= 11 is 0. The summed E-state index contributed by atoms with van der Waals surface area (Å²) < 4.78 is 10.4. The lowest BCUT2D eigenvalue weighted by Crippen LogP contribution is -2.57. The number of fused-ring (bicyclic) bond motifs is 3. The number of aliphatic carboxylic acids is 1. The molecule has 0 aliphatic heterocycles. The molecule has 170 valence electrons. The third-order valence-corrected chi connectivity index (χ3v) is 5.75. The first-order chi connectivity index (χ1) is 15.4. The molecule has 2 aromatic rings. The highest BCUT2D eigenvalue weighted by Crippen LogP contribution is 2.44. The molecule has 0 radical (unpaired) electrons. The molecule has 0 aromatic heterocycles. The van der Waals surface area contributed by atoms with Crippen molar-refractivity contribution in [2.45, 2.75) is 31.2 Å². The van der Waals surface area contributed by atoms with E-state index in [9.17, 15) is 19.5 Å². The quantitative estimate of drug-likeness (QED) is 0.523. The van der Waals surface area contributed by atoms with E-state index in [1.807, 2.05) is 36.4 Å². The van der Waals surface area contributed by atoms with Crippen LogP contribution in [0.25, 0.3) is 11.1 Å². The third-order valence-electron chi connectivity index (χ3n) is 5.75. The van der Waals surface area contributed by atoms with Gasteiger partial charge in [-0.05, 0) is 28.7 Å². The molecular formula is C24H28N2O6. The summed E-state index contributed by atoms with van der Waals surface area (Å²) in [5, 5.41) is 14.5. The summed E-state index contributed by atoms with van der Waals surface area (Å²) in [6.07, 6.45) is -0.540. The number of alkyl carbamates (subject to hydrolysis) is 1. The number of rotatable bonds is 10. The highest BCUT2D eigenvalue weighted by molar-refractivity contribution is 5.87. The molecule has 0 fully saturated rings. The van der Waals surface area contributed by atoms with E-state index in [4.69, 9.17) is 9.47 Å². The highest BCUT2D eigenvalue weighted by Gasteiger charge is 2.38. The van der Waals surface area contributed by atoms with Crippen LogP contribution in [0.1, 0.15) is 36.8 Å². The molecule has 2 amide bonds. The molecule has 0 saturated heterocycles. The maximum Gasteiger partial charge on any atom is 0.407 e. The summed E-state index contributed by atoms with van der Waals surface area (Å²) in [4.78, 5) is 35.9. The van der Waals surface area contributed by atoms with Crippen molar-refractivity contribution in [1.29, 1.82) is 0 Å². The molecule has 1 aliphatic rings. The highest BCUT2D eigenvalue weighted by atomic mass is 16.5. The first-order valence-corrected chi connectivity index (χ1v) is 10.5. The average molecular weight is 440 g/mol. The number of hydrogen-bond donors (Lipinski definition) is 3. The largest absolute Gasteiger partial charge is 0.479 e. The Morgan fingerprint density at radius 3 is 2.16 bits per heavy atom. The lowest BCUT2D eigenvalue weighted by Gasteiger charge is -2.28. The van der Waals surface area contributed by atoms with Crippen LogP contribution in [0.4, 0.5) is 4.79 Å². The van der Waals surface area contributed by atoms with E-state index in [2.05, 4.69) is 22.8 Å². The lowest BCUT2D eigenvalue weighted by atomic mass is 9.97. The molecule has 0 spiro atoms. The van der Waals surface area contributed by atoms with Gasteiger partial charge in [-0.1, -0.05) is 55.5 Å². The van der Waals surface area contributed by atoms with Crippen molar-refractivity contribution in [3.63, 3.8) is 0 Å². The Labute approximate surface area is 186 Å². The fourth-order valence-electron chi connectivity index (χ4n) is 4.00. The number of nitrogens with one attached hydrogen (secondary N) is 2. The molecule has 3 N–H and O–H groups in total. The van der Waals surface area contributed by atoms with Gasteiger partial charge in [0, 0.05) is 26.0 Å². The van der Waals surface area contributed by atoms with Crippen LogP contribution in [-0.2, 0) is 19.1 Å². The maximum atomic E-state index is 12.2. The Hall–Kier alpha value is -3.39. The van der Waals surface area contributed by atoms with E-state index in [0.29, 0.717) is 0 Å². The standard InChI is InChI=1S/C24H28N2O6/c1-3-24(15-31-2,22(28)29)26-21(27)12-13-25-23(30)32-14-20-18-10-6-4-8-16(18)17-9-5-7-11-19(17)20/h4-11,20H,3,12-15H2,1-2H3,(H,25,30)(H,26,27)(H,28,29). The van der Waals surface area contributed by atoms with Crippen LogP contribution in [0.15, 0.2) is 48.5 Å². The zero-order valence-corrected chi connectivity index (χ0v) is 18.2. The molecule has 0 heterocycles. The van der Waals surface area contributed by atoms with Gasteiger partial charge in [0.1, 0.15) is 6.61 Å². The maximum absolute atomic E-state index is 12.2. The smallest absolute Gasteiger partial charge is 0.407 e. The summed E-state index contributed by atoms with van der Waals surface area (Å²) in [5.41, 5.74) is 3.02. The summed E-state index contributed by atoms with van der Waals surface area (Å²) in [6, 6.07) is 16.1. The normalized spacial score (nSPS) is 14.1. The Bertz CT molecular complexity index is 946. The van der Waals surface area contributed by atoms with Gasteiger partial charge in [0.25, 0.3) is 0 Å². The second kappa shape index (κ2) is 10.3. The van der Waals surface area contributed by atoms with Crippen LogP contribution >= 0.6 is 0 Å². The van der Waals surface area contributed by atoms with Crippen LogP contribution in [0.3, 0.4) is 0 Å². The van der Waals surface area contributed by atoms with Gasteiger partial charge in [-0.3, -0.25) is 4.79 Å². The fraction of sp³-hybridized carbons (Fsp3) is 0.375. The molecular weight excluding hydrogens is 412 g/mol. The molecule has 0 bridgehead atoms. The minimum absolute atomic E-state index is 0.0227. The molecule has 0 saturated carbocycles. The van der Waals surface area contributed by atoms with Crippen molar-refractivity contribution in [2.24, 2.45) is 0 Å². The molecule has 2 aromatic carbocycles. The first kappa shape index (κ1) is 23.3. The zero-order chi connectivity index (χ0) is 23.1. The minimum Gasteiger partial charge on any atom is -0.479 e. The average Bonchev–Trinajstić information content (AvgIpc) is 3.11. The second-order valence-electron chi connectivity index (χ2n) is 7.72. The van der Waals surface area contributed by atoms with Crippen molar-refractivity contribution in [3.8, 4) is 11.1 Å². The van der Waals surface area contributed by atoms with E-state index in [1.165, 1.54) is 7.11 Å². The number of carbonyl (C=O) groups is 3. The van der Waals surface area contributed by atoms with E-state index in [-0.39, 0.29) is 38.5 Å². The summed E-state index contributed by atoms with van der Waals surface area (Å²) in [5.74, 6) is -1.71. The lowest BCUT2D eigenvalue weighted by molar-refractivity contribution is -0.150. The van der Waals surface area contributed by atoms with Crippen molar-refractivity contribution >= 4 is 18.0 Å². The number of carbonyl (C=O) groups excluding carboxylic acids is 2. The van der Waals surface area contributed by atoms with Gasteiger partial charge < -0.3 is 25.2 Å². The van der Waals surface area contributed by atoms with E-state index in [0.717, 1.165) is 22.3 Å². The van der Waals surface area contributed by atoms with E-state index < -0.39 is 23.5 Å². The molecule has 32 heavy (non-hydrogen) atoms. The molecule has 8 nitrogen and oxygen atoms in total. The number of methoxy groups -OCH3 is 1. The van der Waals surface area contributed by atoms with Crippen LogP contribution in [0, 0.1) is 0 Å².